The number of benzene rings is 1. The Balaban J connectivity index is 1.97. The highest BCUT2D eigenvalue weighted by Crippen LogP contribution is 2.18. The molecule has 1 amide bonds. The minimum Gasteiger partial charge on any atom is -0.340 e. The van der Waals surface area contributed by atoms with E-state index in [9.17, 15) is 21.6 Å². The molecule has 1 saturated heterocycles. The highest BCUT2D eigenvalue weighted by Gasteiger charge is 2.30. The fourth-order valence-electron chi connectivity index (χ4n) is 2.47. The Kier molecular flexibility index (Phi) is 5.67. The first-order valence-electron chi connectivity index (χ1n) is 7.62. The van der Waals surface area contributed by atoms with Gasteiger partial charge in [-0.3, -0.25) is 4.79 Å². The lowest BCUT2D eigenvalue weighted by atomic mass is 10.2. The zero-order chi connectivity index (χ0) is 18.0. The molecule has 1 fully saturated rings. The maximum Gasteiger partial charge on any atom is 0.243 e. The quantitative estimate of drug-likeness (QED) is 0.737. The van der Waals surface area contributed by atoms with Crippen molar-refractivity contribution in [2.45, 2.75) is 18.2 Å². The summed E-state index contributed by atoms with van der Waals surface area (Å²) in [6.45, 7) is 2.85. The van der Waals surface area contributed by atoms with E-state index in [0.29, 0.717) is 0 Å². The van der Waals surface area contributed by atoms with Crippen LogP contribution < -0.4 is 0 Å². The van der Waals surface area contributed by atoms with Gasteiger partial charge in [-0.1, -0.05) is 17.7 Å². The van der Waals surface area contributed by atoms with Gasteiger partial charge in [-0.05, 0) is 19.1 Å². The van der Waals surface area contributed by atoms with E-state index in [2.05, 4.69) is 0 Å². The molecular formula is C15H22N2O5S2. The van der Waals surface area contributed by atoms with Crippen molar-refractivity contribution in [3.05, 3.63) is 29.8 Å². The molecule has 2 rings (SSSR count). The van der Waals surface area contributed by atoms with Crippen LogP contribution in [0.4, 0.5) is 0 Å². The summed E-state index contributed by atoms with van der Waals surface area (Å²) in [5, 5.41) is 0. The number of hydrogen-bond acceptors (Lipinski definition) is 5. The normalized spacial score (nSPS) is 17.0. The third-order valence-corrected chi connectivity index (χ3v) is 6.80. The molecule has 0 N–H and O–H groups in total. The third kappa shape index (κ3) is 4.78. The Bertz CT molecular complexity index is 793. The van der Waals surface area contributed by atoms with Crippen LogP contribution in [0.5, 0.6) is 0 Å². The van der Waals surface area contributed by atoms with Crippen molar-refractivity contribution in [2.24, 2.45) is 0 Å². The predicted octanol–water partition coefficient (Wildman–Crippen LogP) is 0.263. The molecule has 0 aliphatic carbocycles. The van der Waals surface area contributed by atoms with Gasteiger partial charge in [0.1, 0.15) is 9.84 Å². The van der Waals surface area contributed by atoms with E-state index < -0.39 is 19.9 Å². The summed E-state index contributed by atoms with van der Waals surface area (Å²) in [6, 6.07) is 6.65. The first kappa shape index (κ1) is 18.9. The van der Waals surface area contributed by atoms with Crippen molar-refractivity contribution in [3.8, 4) is 0 Å². The molecule has 0 radical (unpaired) electrons. The summed E-state index contributed by atoms with van der Waals surface area (Å²) in [6.07, 6.45) is 1.02. The first-order valence-corrected chi connectivity index (χ1v) is 11.1. The van der Waals surface area contributed by atoms with Crippen molar-refractivity contribution in [3.63, 3.8) is 0 Å². The van der Waals surface area contributed by atoms with E-state index >= 15 is 0 Å². The van der Waals surface area contributed by atoms with Gasteiger partial charge in [-0.15, -0.1) is 0 Å². The van der Waals surface area contributed by atoms with Crippen LogP contribution in [0.2, 0.25) is 0 Å². The summed E-state index contributed by atoms with van der Waals surface area (Å²) in [7, 11) is -6.75. The van der Waals surface area contributed by atoms with E-state index in [-0.39, 0.29) is 49.2 Å². The first-order chi connectivity index (χ1) is 11.1. The largest absolute Gasteiger partial charge is 0.340 e. The maximum atomic E-state index is 12.6. The summed E-state index contributed by atoms with van der Waals surface area (Å²) in [5.74, 6) is -0.443. The van der Waals surface area contributed by atoms with E-state index in [4.69, 9.17) is 0 Å². The highest BCUT2D eigenvalue weighted by atomic mass is 32.2. The molecule has 24 heavy (non-hydrogen) atoms. The van der Waals surface area contributed by atoms with Crippen LogP contribution in [-0.4, -0.2) is 70.1 Å². The second-order valence-corrected chi connectivity index (χ2v) is 10.2. The van der Waals surface area contributed by atoms with Crippen molar-refractivity contribution in [1.82, 2.24) is 9.21 Å². The Morgan fingerprint density at radius 1 is 1.00 bits per heavy atom. The van der Waals surface area contributed by atoms with E-state index in [1.54, 1.807) is 24.3 Å². The predicted molar refractivity (Wildman–Crippen MR) is 90.8 cm³/mol. The number of sulfonamides is 1. The minimum atomic E-state index is -3.56. The summed E-state index contributed by atoms with van der Waals surface area (Å²) in [4.78, 5) is 13.8. The standard InChI is InChI=1S/C15H22N2O5S2/c1-13-3-5-14(6-4-13)24(21,22)17-10-8-16(9-11-17)15(18)7-12-23(2,19)20/h3-6H,7-12H2,1-2H3. The van der Waals surface area contributed by atoms with Crippen LogP contribution in [0.25, 0.3) is 0 Å². The van der Waals surface area contributed by atoms with Crippen molar-refractivity contribution in [1.29, 1.82) is 0 Å². The van der Waals surface area contributed by atoms with Crippen molar-refractivity contribution < 1.29 is 21.6 Å². The molecule has 1 aromatic carbocycles. The highest BCUT2D eigenvalue weighted by molar-refractivity contribution is 7.90. The van der Waals surface area contributed by atoms with Gasteiger partial charge in [0.2, 0.25) is 15.9 Å². The Hall–Kier alpha value is -1.45. The van der Waals surface area contributed by atoms with Gasteiger partial charge >= 0.3 is 0 Å². The number of sulfone groups is 1. The number of amides is 1. The second-order valence-electron chi connectivity index (χ2n) is 5.98. The molecule has 1 aromatic rings. The summed E-state index contributed by atoms with van der Waals surface area (Å²) < 4.78 is 48.8. The Morgan fingerprint density at radius 3 is 2.04 bits per heavy atom. The molecule has 0 saturated carbocycles. The van der Waals surface area contributed by atoms with Gasteiger partial charge in [-0.25, -0.2) is 16.8 Å². The van der Waals surface area contributed by atoms with Crippen LogP contribution in [0, 0.1) is 6.92 Å². The number of carbonyl (C=O) groups excluding carboxylic acids is 1. The maximum absolute atomic E-state index is 12.6. The topological polar surface area (TPSA) is 91.8 Å². The molecule has 134 valence electrons. The lowest BCUT2D eigenvalue weighted by Gasteiger charge is -2.34. The van der Waals surface area contributed by atoms with Crippen molar-refractivity contribution in [2.75, 3.05) is 38.2 Å². The molecule has 0 aromatic heterocycles. The van der Waals surface area contributed by atoms with Crippen LogP contribution >= 0.6 is 0 Å². The van der Waals surface area contributed by atoms with Crippen molar-refractivity contribution >= 4 is 25.8 Å². The van der Waals surface area contributed by atoms with Gasteiger partial charge < -0.3 is 4.90 Å². The second kappa shape index (κ2) is 7.20. The molecule has 0 atom stereocenters. The lowest BCUT2D eigenvalue weighted by molar-refractivity contribution is -0.131. The number of hydrogen-bond donors (Lipinski definition) is 0. The molecule has 1 aliphatic heterocycles. The van der Waals surface area contributed by atoms with Gasteiger partial charge in [-0.2, -0.15) is 4.31 Å². The van der Waals surface area contributed by atoms with Gasteiger partial charge in [0, 0.05) is 38.9 Å². The van der Waals surface area contributed by atoms with E-state index in [1.165, 1.54) is 9.21 Å². The Labute approximate surface area is 143 Å². The molecular weight excluding hydrogens is 352 g/mol. The minimum absolute atomic E-state index is 0.0659. The smallest absolute Gasteiger partial charge is 0.243 e. The SMILES string of the molecule is Cc1ccc(S(=O)(=O)N2CCN(C(=O)CCS(C)(=O)=O)CC2)cc1. The number of rotatable bonds is 5. The average molecular weight is 374 g/mol. The van der Waals surface area contributed by atoms with Crippen LogP contribution in [0.15, 0.2) is 29.2 Å². The fraction of sp³-hybridized carbons (Fsp3) is 0.533. The van der Waals surface area contributed by atoms with Gasteiger partial charge in [0.25, 0.3) is 0 Å². The zero-order valence-corrected chi connectivity index (χ0v) is 15.4. The molecule has 9 heteroatoms. The van der Waals surface area contributed by atoms with Crippen LogP contribution in [0.1, 0.15) is 12.0 Å². The molecule has 0 spiro atoms. The molecule has 1 aliphatic rings. The van der Waals surface area contributed by atoms with Gasteiger partial charge in [0.15, 0.2) is 0 Å². The molecule has 1 heterocycles. The molecule has 0 bridgehead atoms. The van der Waals surface area contributed by atoms with Gasteiger partial charge in [0.05, 0.1) is 10.6 Å². The number of aryl methyl sites for hydroxylation is 1. The Morgan fingerprint density at radius 2 is 1.54 bits per heavy atom. The van der Waals surface area contributed by atoms with Crippen LogP contribution in [0.3, 0.4) is 0 Å². The number of piperazine rings is 1. The summed E-state index contributed by atoms with van der Waals surface area (Å²) >= 11 is 0. The molecule has 7 nitrogen and oxygen atoms in total. The number of nitrogens with zero attached hydrogens (tertiary/aromatic N) is 2. The zero-order valence-electron chi connectivity index (χ0n) is 13.8. The van der Waals surface area contributed by atoms with E-state index in [0.717, 1.165) is 11.8 Å². The summed E-state index contributed by atoms with van der Waals surface area (Å²) in [5.41, 5.74) is 0.982. The lowest BCUT2D eigenvalue weighted by Crippen LogP contribution is -2.50. The third-order valence-electron chi connectivity index (χ3n) is 3.94. The van der Waals surface area contributed by atoms with E-state index in [1.807, 2.05) is 6.92 Å². The molecule has 0 unspecified atom stereocenters. The monoisotopic (exact) mass is 374 g/mol. The number of carbonyl (C=O) groups is 1. The van der Waals surface area contributed by atoms with Crippen LogP contribution in [-0.2, 0) is 24.7 Å². The average Bonchev–Trinajstić information content (AvgIpc) is 2.52. The fourth-order valence-corrected chi connectivity index (χ4v) is 4.44.